The summed E-state index contributed by atoms with van der Waals surface area (Å²) in [7, 11) is 2.21. The summed E-state index contributed by atoms with van der Waals surface area (Å²) in [5.41, 5.74) is 1.22. The molecule has 100 valence electrons. The van der Waals surface area contributed by atoms with E-state index in [2.05, 4.69) is 28.9 Å². The van der Waals surface area contributed by atoms with E-state index in [1.54, 1.807) is 10.9 Å². The molecule has 0 amide bonds. The molecule has 0 saturated carbocycles. The Morgan fingerprint density at radius 1 is 1.50 bits per heavy atom. The second kappa shape index (κ2) is 6.71. The van der Waals surface area contributed by atoms with Crippen LogP contribution < -0.4 is 5.32 Å². The predicted molar refractivity (Wildman–Crippen MR) is 75.2 cm³/mol. The molecule has 1 saturated heterocycles. The van der Waals surface area contributed by atoms with Crippen molar-refractivity contribution in [2.75, 3.05) is 26.7 Å². The molecular weight excluding hydrogens is 224 g/mol. The SMILES string of the molecule is C=Cn1cc(CNCCC2CCN(C)CC2)cn1. The van der Waals surface area contributed by atoms with E-state index in [1.807, 2.05) is 12.4 Å². The van der Waals surface area contributed by atoms with Crippen LogP contribution in [0.3, 0.4) is 0 Å². The monoisotopic (exact) mass is 248 g/mol. The second-order valence-corrected chi connectivity index (χ2v) is 5.22. The highest BCUT2D eigenvalue weighted by molar-refractivity contribution is 5.17. The average molecular weight is 248 g/mol. The summed E-state index contributed by atoms with van der Waals surface area (Å²) < 4.78 is 1.74. The molecule has 1 aromatic heterocycles. The molecule has 1 fully saturated rings. The van der Waals surface area contributed by atoms with E-state index in [-0.39, 0.29) is 0 Å². The highest BCUT2D eigenvalue weighted by Crippen LogP contribution is 2.18. The molecule has 0 unspecified atom stereocenters. The second-order valence-electron chi connectivity index (χ2n) is 5.22. The summed E-state index contributed by atoms with van der Waals surface area (Å²) in [4.78, 5) is 2.42. The van der Waals surface area contributed by atoms with Gasteiger partial charge in [0, 0.05) is 24.5 Å². The van der Waals surface area contributed by atoms with Gasteiger partial charge in [-0.1, -0.05) is 6.58 Å². The maximum Gasteiger partial charge on any atom is 0.0538 e. The molecule has 0 atom stereocenters. The summed E-state index contributed by atoms with van der Waals surface area (Å²) >= 11 is 0. The quantitative estimate of drug-likeness (QED) is 0.779. The lowest BCUT2D eigenvalue weighted by atomic mass is 9.94. The van der Waals surface area contributed by atoms with Crippen LogP contribution in [-0.2, 0) is 6.54 Å². The van der Waals surface area contributed by atoms with Gasteiger partial charge in [-0.2, -0.15) is 5.10 Å². The Morgan fingerprint density at radius 2 is 2.28 bits per heavy atom. The summed E-state index contributed by atoms with van der Waals surface area (Å²) in [5, 5.41) is 7.66. The van der Waals surface area contributed by atoms with Gasteiger partial charge in [-0.3, -0.25) is 0 Å². The van der Waals surface area contributed by atoms with Crippen molar-refractivity contribution < 1.29 is 0 Å². The Bertz CT molecular complexity index is 364. The largest absolute Gasteiger partial charge is 0.313 e. The molecule has 2 heterocycles. The summed E-state index contributed by atoms with van der Waals surface area (Å²) in [6.45, 7) is 8.21. The van der Waals surface area contributed by atoms with Crippen LogP contribution in [0, 0.1) is 5.92 Å². The first-order chi connectivity index (χ1) is 8.78. The average Bonchev–Trinajstić information content (AvgIpc) is 2.85. The topological polar surface area (TPSA) is 33.1 Å². The fourth-order valence-electron chi connectivity index (χ4n) is 2.46. The fourth-order valence-corrected chi connectivity index (χ4v) is 2.46. The Balaban J connectivity index is 1.59. The van der Waals surface area contributed by atoms with Gasteiger partial charge in [0.25, 0.3) is 0 Å². The zero-order valence-electron chi connectivity index (χ0n) is 11.3. The van der Waals surface area contributed by atoms with Gasteiger partial charge in [0.1, 0.15) is 0 Å². The first-order valence-electron chi connectivity index (χ1n) is 6.83. The van der Waals surface area contributed by atoms with Crippen molar-refractivity contribution in [3.05, 3.63) is 24.5 Å². The zero-order chi connectivity index (χ0) is 12.8. The van der Waals surface area contributed by atoms with E-state index in [0.717, 1.165) is 19.0 Å². The first-order valence-corrected chi connectivity index (χ1v) is 6.83. The Morgan fingerprint density at radius 3 is 2.94 bits per heavy atom. The summed E-state index contributed by atoms with van der Waals surface area (Å²) in [5.74, 6) is 0.907. The van der Waals surface area contributed by atoms with Gasteiger partial charge in [0.15, 0.2) is 0 Å². The number of nitrogens with zero attached hydrogens (tertiary/aromatic N) is 3. The van der Waals surface area contributed by atoms with Gasteiger partial charge in [0.05, 0.1) is 6.20 Å². The number of hydrogen-bond donors (Lipinski definition) is 1. The van der Waals surface area contributed by atoms with E-state index in [9.17, 15) is 0 Å². The van der Waals surface area contributed by atoms with Gasteiger partial charge < -0.3 is 10.2 Å². The first kappa shape index (κ1) is 13.3. The van der Waals surface area contributed by atoms with Crippen molar-refractivity contribution in [1.82, 2.24) is 20.0 Å². The summed E-state index contributed by atoms with van der Waals surface area (Å²) in [6.07, 6.45) is 9.62. The lowest BCUT2D eigenvalue weighted by molar-refractivity contribution is 0.211. The third-order valence-electron chi connectivity index (χ3n) is 3.74. The normalized spacial score (nSPS) is 18.1. The lowest BCUT2D eigenvalue weighted by Gasteiger charge is -2.28. The van der Waals surface area contributed by atoms with Crippen molar-refractivity contribution in [1.29, 1.82) is 0 Å². The molecule has 1 aliphatic rings. The van der Waals surface area contributed by atoms with Crippen molar-refractivity contribution in [3.8, 4) is 0 Å². The minimum atomic E-state index is 0.903. The smallest absolute Gasteiger partial charge is 0.0538 e. The molecule has 0 aromatic carbocycles. The van der Waals surface area contributed by atoms with Crippen LogP contribution in [0.2, 0.25) is 0 Å². The third kappa shape index (κ3) is 3.96. The molecule has 1 aromatic rings. The van der Waals surface area contributed by atoms with Gasteiger partial charge >= 0.3 is 0 Å². The van der Waals surface area contributed by atoms with Gasteiger partial charge in [-0.15, -0.1) is 0 Å². The van der Waals surface area contributed by atoms with Crippen LogP contribution in [0.15, 0.2) is 19.0 Å². The van der Waals surface area contributed by atoms with Crippen LogP contribution in [0.4, 0.5) is 0 Å². The molecular formula is C14H24N4. The number of likely N-dealkylation sites (tertiary alicyclic amines) is 1. The molecule has 18 heavy (non-hydrogen) atoms. The molecule has 0 aliphatic carbocycles. The molecule has 1 N–H and O–H groups in total. The Labute approximate surface area is 110 Å². The highest BCUT2D eigenvalue weighted by Gasteiger charge is 2.15. The highest BCUT2D eigenvalue weighted by atomic mass is 15.2. The zero-order valence-corrected chi connectivity index (χ0v) is 11.3. The van der Waals surface area contributed by atoms with E-state index < -0.39 is 0 Å². The van der Waals surface area contributed by atoms with Gasteiger partial charge in [0.2, 0.25) is 0 Å². The maximum atomic E-state index is 4.16. The molecule has 2 rings (SSSR count). The van der Waals surface area contributed by atoms with E-state index in [4.69, 9.17) is 0 Å². The van der Waals surface area contributed by atoms with Crippen LogP contribution in [0.25, 0.3) is 6.20 Å². The van der Waals surface area contributed by atoms with Crippen molar-refractivity contribution in [2.45, 2.75) is 25.8 Å². The minimum Gasteiger partial charge on any atom is -0.313 e. The Kier molecular flexibility index (Phi) is 4.96. The maximum absolute atomic E-state index is 4.16. The van der Waals surface area contributed by atoms with Crippen LogP contribution in [0.5, 0.6) is 0 Å². The van der Waals surface area contributed by atoms with Crippen molar-refractivity contribution >= 4 is 6.20 Å². The number of nitrogens with one attached hydrogen (secondary N) is 1. The molecule has 0 radical (unpaired) electrons. The standard InChI is InChI=1S/C14H24N4/c1-3-18-12-14(11-16-18)10-15-7-4-13-5-8-17(2)9-6-13/h3,11-13,15H,1,4-10H2,2H3. The number of rotatable bonds is 6. The molecule has 4 heteroatoms. The molecule has 4 nitrogen and oxygen atoms in total. The van der Waals surface area contributed by atoms with Crippen molar-refractivity contribution in [3.63, 3.8) is 0 Å². The molecule has 0 spiro atoms. The Hall–Kier alpha value is -1.13. The predicted octanol–water partition coefficient (Wildman–Crippen LogP) is 1.81. The summed E-state index contributed by atoms with van der Waals surface area (Å²) in [6, 6.07) is 0. The van der Waals surface area contributed by atoms with Crippen LogP contribution >= 0.6 is 0 Å². The molecule has 1 aliphatic heterocycles. The number of piperidine rings is 1. The molecule has 0 bridgehead atoms. The third-order valence-corrected chi connectivity index (χ3v) is 3.74. The van der Waals surface area contributed by atoms with Crippen LogP contribution in [-0.4, -0.2) is 41.4 Å². The van der Waals surface area contributed by atoms with Gasteiger partial charge in [-0.25, -0.2) is 4.68 Å². The number of aromatic nitrogens is 2. The van der Waals surface area contributed by atoms with E-state index in [1.165, 1.54) is 37.9 Å². The van der Waals surface area contributed by atoms with Gasteiger partial charge in [-0.05, 0) is 51.9 Å². The van der Waals surface area contributed by atoms with Crippen molar-refractivity contribution in [2.24, 2.45) is 5.92 Å². The number of hydrogen-bond acceptors (Lipinski definition) is 3. The fraction of sp³-hybridized carbons (Fsp3) is 0.643. The van der Waals surface area contributed by atoms with E-state index in [0.29, 0.717) is 0 Å². The van der Waals surface area contributed by atoms with E-state index >= 15 is 0 Å². The van der Waals surface area contributed by atoms with Crippen LogP contribution in [0.1, 0.15) is 24.8 Å². The lowest BCUT2D eigenvalue weighted by Crippen LogP contribution is -2.31. The minimum absolute atomic E-state index is 0.903.